The Bertz CT molecular complexity index is 1260. The second kappa shape index (κ2) is 15.5. The zero-order valence-electron chi connectivity index (χ0n) is 25.3. The number of carboxylic acids is 2. The molecule has 1 aliphatic rings. The van der Waals surface area contributed by atoms with E-state index in [0.29, 0.717) is 0 Å². The Morgan fingerprint density at radius 1 is 0.977 bits per heavy atom. The Morgan fingerprint density at radius 3 is 2.09 bits per heavy atom. The number of hydrogen-bond donors (Lipinski definition) is 8. The summed E-state index contributed by atoms with van der Waals surface area (Å²) in [5.41, 5.74) is -0.427. The predicted octanol–water partition coefficient (Wildman–Crippen LogP) is 0.873. The summed E-state index contributed by atoms with van der Waals surface area (Å²) in [6.07, 6.45) is -8.50. The molecule has 2 rings (SSSR count). The molecule has 1 aromatic carbocycles. The van der Waals surface area contributed by atoms with Gasteiger partial charge in [-0.3, -0.25) is 9.59 Å². The van der Waals surface area contributed by atoms with E-state index in [9.17, 15) is 50.1 Å². The van der Waals surface area contributed by atoms with Gasteiger partial charge in [-0.1, -0.05) is 23.3 Å². The fourth-order valence-electron chi connectivity index (χ4n) is 4.52. The van der Waals surface area contributed by atoms with Crippen LogP contribution in [0.1, 0.15) is 70.3 Å². The minimum Gasteiger partial charge on any atom is -0.504 e. The van der Waals surface area contributed by atoms with Crippen LogP contribution in [0.3, 0.4) is 0 Å². The van der Waals surface area contributed by atoms with Gasteiger partial charge in [-0.15, -0.1) is 0 Å². The van der Waals surface area contributed by atoms with Crippen molar-refractivity contribution in [3.05, 3.63) is 46.1 Å². The third-order valence-corrected chi connectivity index (χ3v) is 6.81. The molecular formula is C30H42O14. The first-order valence-corrected chi connectivity index (χ1v) is 13.9. The molecular weight excluding hydrogens is 584 g/mol. The first kappa shape index (κ1) is 36.7. The summed E-state index contributed by atoms with van der Waals surface area (Å²) in [6.45, 7) is 7.44. The van der Waals surface area contributed by atoms with E-state index in [1.807, 2.05) is 0 Å². The standard InChI is InChI=1S/C30H42O14/c1-14(2)6-8-16-10-18(27(28(39)40)43-21(34)12-30(5,41)11-20(32)33)17(9-7-15(3)4)22(35)26(16)44-29-25(38)24(37)23(36)19(13-31)42-29/h6-7,10,19,23-25,27,29,31,35-38,41H,8-9,11-13H2,1-5H3,(H,32,33)(H,39,40)/t19-,23-,24+,25-,27-,29+,30+/m1/s1. The lowest BCUT2D eigenvalue weighted by molar-refractivity contribution is -0.277. The highest BCUT2D eigenvalue weighted by atomic mass is 16.7. The average Bonchev–Trinajstić information content (AvgIpc) is 2.89. The Balaban J connectivity index is 2.71. The highest BCUT2D eigenvalue weighted by Crippen LogP contribution is 2.42. The lowest BCUT2D eigenvalue weighted by atomic mass is 9.92. The maximum atomic E-state index is 12.7. The van der Waals surface area contributed by atoms with Gasteiger partial charge >= 0.3 is 17.9 Å². The molecule has 0 aromatic heterocycles. The summed E-state index contributed by atoms with van der Waals surface area (Å²) in [6, 6.07) is 1.33. The van der Waals surface area contributed by atoms with Crippen molar-refractivity contribution in [2.45, 2.75) is 103 Å². The topological polar surface area (TPSA) is 241 Å². The first-order valence-electron chi connectivity index (χ1n) is 13.9. The zero-order valence-corrected chi connectivity index (χ0v) is 25.3. The van der Waals surface area contributed by atoms with E-state index in [-0.39, 0.29) is 35.3 Å². The van der Waals surface area contributed by atoms with Crippen LogP contribution < -0.4 is 4.74 Å². The molecule has 246 valence electrons. The predicted molar refractivity (Wildman–Crippen MR) is 153 cm³/mol. The molecule has 1 heterocycles. The normalized spacial score (nSPS) is 23.5. The number of benzene rings is 1. The van der Waals surface area contributed by atoms with Crippen LogP contribution in [0.5, 0.6) is 11.5 Å². The second-order valence-corrected chi connectivity index (χ2v) is 11.5. The number of aromatic hydroxyl groups is 1. The number of phenols is 1. The van der Waals surface area contributed by atoms with Crippen LogP contribution in [0.25, 0.3) is 0 Å². The van der Waals surface area contributed by atoms with Gasteiger partial charge in [-0.2, -0.15) is 0 Å². The quantitative estimate of drug-likeness (QED) is 0.106. The minimum absolute atomic E-state index is 0.0377. The molecule has 14 nitrogen and oxygen atoms in total. The fraction of sp³-hybridized carbons (Fsp3) is 0.567. The molecule has 7 atom stereocenters. The number of aliphatic hydroxyl groups excluding tert-OH is 4. The van der Waals surface area contributed by atoms with Gasteiger partial charge < -0.3 is 55.1 Å². The Morgan fingerprint density at radius 2 is 1.57 bits per heavy atom. The maximum Gasteiger partial charge on any atom is 0.349 e. The number of hydrogen-bond acceptors (Lipinski definition) is 12. The average molecular weight is 627 g/mol. The monoisotopic (exact) mass is 626 g/mol. The molecule has 1 saturated heterocycles. The molecule has 0 unspecified atom stereocenters. The van der Waals surface area contributed by atoms with Gasteiger partial charge in [0.2, 0.25) is 12.4 Å². The number of carbonyl (C=O) groups is 3. The molecule has 0 radical (unpaired) electrons. The number of esters is 1. The molecule has 0 saturated carbocycles. The van der Waals surface area contributed by atoms with Gasteiger partial charge in [0.1, 0.15) is 24.4 Å². The summed E-state index contributed by atoms with van der Waals surface area (Å²) in [5.74, 6) is -5.05. The van der Waals surface area contributed by atoms with E-state index in [1.54, 1.807) is 39.8 Å². The minimum atomic E-state index is -2.03. The Labute approximate surface area is 254 Å². The van der Waals surface area contributed by atoms with E-state index in [2.05, 4.69) is 0 Å². The Hall–Kier alpha value is -3.53. The van der Waals surface area contributed by atoms with Gasteiger partial charge in [0, 0.05) is 16.7 Å². The van der Waals surface area contributed by atoms with Crippen LogP contribution in [0.15, 0.2) is 29.4 Å². The van der Waals surface area contributed by atoms with E-state index in [4.69, 9.17) is 19.3 Å². The third-order valence-electron chi connectivity index (χ3n) is 6.81. The van der Waals surface area contributed by atoms with Gasteiger partial charge in [-0.25, -0.2) is 4.79 Å². The zero-order chi connectivity index (χ0) is 33.5. The largest absolute Gasteiger partial charge is 0.504 e. The van der Waals surface area contributed by atoms with E-state index in [1.165, 1.54) is 6.07 Å². The smallest absolute Gasteiger partial charge is 0.349 e. The van der Waals surface area contributed by atoms with E-state index < -0.39 is 85.5 Å². The number of aliphatic carboxylic acids is 2. The van der Waals surface area contributed by atoms with Crippen molar-refractivity contribution >= 4 is 17.9 Å². The Kier molecular flexibility index (Phi) is 12.9. The lowest BCUT2D eigenvalue weighted by Crippen LogP contribution is -2.60. The molecule has 44 heavy (non-hydrogen) atoms. The van der Waals surface area contributed by atoms with E-state index in [0.717, 1.165) is 18.1 Å². The molecule has 8 N–H and O–H groups in total. The fourth-order valence-corrected chi connectivity index (χ4v) is 4.52. The van der Waals surface area contributed by atoms with Crippen molar-refractivity contribution in [1.29, 1.82) is 0 Å². The summed E-state index contributed by atoms with van der Waals surface area (Å²) < 4.78 is 16.5. The number of phenolic OH excluding ortho intramolecular Hbond substituents is 1. The van der Waals surface area contributed by atoms with Crippen molar-refractivity contribution < 1.29 is 69.4 Å². The van der Waals surface area contributed by atoms with Crippen LogP contribution in [-0.2, 0) is 36.7 Å². The summed E-state index contributed by atoms with van der Waals surface area (Å²) >= 11 is 0. The second-order valence-electron chi connectivity index (χ2n) is 11.5. The first-order chi connectivity index (χ1) is 20.4. The molecule has 0 spiro atoms. The van der Waals surface area contributed by atoms with E-state index >= 15 is 0 Å². The van der Waals surface area contributed by atoms with Crippen LogP contribution in [0.2, 0.25) is 0 Å². The molecule has 0 amide bonds. The SMILES string of the molecule is CC(C)=CCc1cc([C@@H](OC(=O)C[C@@](C)(O)CC(=O)O)C(=O)O)c(CC=C(C)C)c(O)c1O[C@@H]1O[C@H](CO)[C@@H](O)[C@H](O)[C@H]1O. The maximum absolute atomic E-state index is 12.7. The van der Waals surface area contributed by atoms with Crippen LogP contribution in [0, 0.1) is 0 Å². The van der Waals surface area contributed by atoms with Gasteiger partial charge in [0.25, 0.3) is 0 Å². The van der Waals surface area contributed by atoms with Gasteiger partial charge in [0.15, 0.2) is 11.5 Å². The third kappa shape index (κ3) is 9.74. The summed E-state index contributed by atoms with van der Waals surface area (Å²) in [5, 5.41) is 81.4. The van der Waals surface area contributed by atoms with Gasteiger partial charge in [-0.05, 0) is 53.5 Å². The number of allylic oxidation sites excluding steroid dienone is 4. The summed E-state index contributed by atoms with van der Waals surface area (Å²) in [7, 11) is 0. The van der Waals surface area contributed by atoms with Crippen molar-refractivity contribution in [2.75, 3.05) is 6.61 Å². The molecule has 14 heteroatoms. The van der Waals surface area contributed by atoms with Crippen molar-refractivity contribution in [3.63, 3.8) is 0 Å². The molecule has 1 aliphatic heterocycles. The van der Waals surface area contributed by atoms with Crippen LogP contribution >= 0.6 is 0 Å². The highest BCUT2D eigenvalue weighted by molar-refractivity contribution is 5.81. The highest BCUT2D eigenvalue weighted by Gasteiger charge is 2.45. The molecule has 1 fully saturated rings. The number of ether oxygens (including phenoxy) is 3. The lowest BCUT2D eigenvalue weighted by Gasteiger charge is -2.40. The molecule has 0 aliphatic carbocycles. The number of aliphatic hydroxyl groups is 5. The van der Waals surface area contributed by atoms with Crippen molar-refractivity contribution in [3.8, 4) is 11.5 Å². The number of rotatable bonds is 14. The molecule has 0 bridgehead atoms. The van der Waals surface area contributed by atoms with Crippen LogP contribution in [0.4, 0.5) is 0 Å². The number of carboxylic acid groups (broad SMARTS) is 2. The molecule has 1 aromatic rings. The van der Waals surface area contributed by atoms with Gasteiger partial charge in [0.05, 0.1) is 25.0 Å². The summed E-state index contributed by atoms with van der Waals surface area (Å²) in [4.78, 5) is 36.2. The number of carbonyl (C=O) groups excluding carboxylic acids is 1. The van der Waals surface area contributed by atoms with Crippen LogP contribution in [-0.4, -0.2) is 102 Å². The van der Waals surface area contributed by atoms with Crippen molar-refractivity contribution in [1.82, 2.24) is 0 Å². The van der Waals surface area contributed by atoms with Crippen molar-refractivity contribution in [2.24, 2.45) is 0 Å².